The molecule has 1 heterocycles. The van der Waals surface area contributed by atoms with Crippen LogP contribution in [-0.2, 0) is 6.18 Å². The Balaban J connectivity index is 2.04. The number of rotatable bonds is 3. The molecule has 3 nitrogen and oxygen atoms in total. The SMILES string of the molecule is N#Cc1ccc(C(c2ccc(C(F)(F)F)cc2)c2ncc[nH]2)cc1. The summed E-state index contributed by atoms with van der Waals surface area (Å²) in [6.45, 7) is 0. The van der Waals surface area contributed by atoms with Crippen molar-refractivity contribution >= 4 is 0 Å². The molecule has 0 amide bonds. The number of imidazole rings is 1. The molecule has 0 bridgehead atoms. The Labute approximate surface area is 136 Å². The fraction of sp³-hybridized carbons (Fsp3) is 0.111. The van der Waals surface area contributed by atoms with Gasteiger partial charge in [-0.05, 0) is 35.4 Å². The van der Waals surface area contributed by atoms with E-state index in [2.05, 4.69) is 9.97 Å². The topological polar surface area (TPSA) is 52.5 Å². The van der Waals surface area contributed by atoms with Crippen LogP contribution in [0.4, 0.5) is 13.2 Å². The van der Waals surface area contributed by atoms with Crippen molar-refractivity contribution in [3.8, 4) is 6.07 Å². The quantitative estimate of drug-likeness (QED) is 0.771. The van der Waals surface area contributed by atoms with Crippen molar-refractivity contribution in [3.05, 3.63) is 89.0 Å². The predicted molar refractivity (Wildman–Crippen MR) is 82.1 cm³/mol. The minimum atomic E-state index is -4.37. The molecule has 3 aromatic rings. The normalized spacial score (nSPS) is 12.6. The maximum absolute atomic E-state index is 12.8. The highest BCUT2D eigenvalue weighted by atomic mass is 19.4. The molecule has 0 saturated carbocycles. The van der Waals surface area contributed by atoms with Crippen molar-refractivity contribution < 1.29 is 13.2 Å². The Morgan fingerprint density at radius 2 is 1.54 bits per heavy atom. The van der Waals surface area contributed by atoms with Crippen molar-refractivity contribution in [2.75, 3.05) is 0 Å². The Hall–Kier alpha value is -3.07. The molecule has 120 valence electrons. The van der Waals surface area contributed by atoms with Gasteiger partial charge in [0.25, 0.3) is 0 Å². The minimum absolute atomic E-state index is 0.338. The third-order valence-electron chi connectivity index (χ3n) is 3.74. The van der Waals surface area contributed by atoms with Gasteiger partial charge in [-0.1, -0.05) is 24.3 Å². The van der Waals surface area contributed by atoms with Crippen molar-refractivity contribution in [3.63, 3.8) is 0 Å². The van der Waals surface area contributed by atoms with Crippen LogP contribution in [0.25, 0.3) is 0 Å². The van der Waals surface area contributed by atoms with Crippen LogP contribution in [0.1, 0.15) is 34.0 Å². The molecule has 1 atom stereocenters. The molecule has 0 aliphatic carbocycles. The van der Waals surface area contributed by atoms with Gasteiger partial charge in [0.15, 0.2) is 0 Å². The average Bonchev–Trinajstić information content (AvgIpc) is 3.09. The lowest BCUT2D eigenvalue weighted by Crippen LogP contribution is -2.08. The van der Waals surface area contributed by atoms with Crippen LogP contribution >= 0.6 is 0 Å². The molecule has 0 radical (unpaired) electrons. The number of aromatic amines is 1. The van der Waals surface area contributed by atoms with Crippen LogP contribution < -0.4 is 0 Å². The zero-order chi connectivity index (χ0) is 17.2. The molecule has 0 aliphatic rings. The van der Waals surface area contributed by atoms with Crippen molar-refractivity contribution in [1.82, 2.24) is 9.97 Å². The number of H-pyrrole nitrogens is 1. The third-order valence-corrected chi connectivity index (χ3v) is 3.74. The fourth-order valence-corrected chi connectivity index (χ4v) is 2.56. The van der Waals surface area contributed by atoms with E-state index < -0.39 is 11.7 Å². The number of nitrogens with one attached hydrogen (secondary N) is 1. The first-order valence-corrected chi connectivity index (χ1v) is 7.15. The maximum atomic E-state index is 12.8. The lowest BCUT2D eigenvalue weighted by atomic mass is 9.89. The second-order valence-corrected chi connectivity index (χ2v) is 5.26. The molecular formula is C18H12F3N3. The first-order chi connectivity index (χ1) is 11.5. The van der Waals surface area contributed by atoms with Crippen LogP contribution in [0.5, 0.6) is 0 Å². The number of hydrogen-bond acceptors (Lipinski definition) is 2. The summed E-state index contributed by atoms with van der Waals surface area (Å²) in [6, 6.07) is 14.0. The van der Waals surface area contributed by atoms with E-state index in [0.29, 0.717) is 17.0 Å². The number of hydrogen-bond donors (Lipinski definition) is 1. The smallest absolute Gasteiger partial charge is 0.348 e. The summed E-state index contributed by atoms with van der Waals surface area (Å²) < 4.78 is 38.3. The van der Waals surface area contributed by atoms with Crippen LogP contribution in [-0.4, -0.2) is 9.97 Å². The Morgan fingerprint density at radius 1 is 0.958 bits per heavy atom. The molecule has 0 fully saturated rings. The van der Waals surface area contributed by atoms with E-state index in [1.54, 1.807) is 36.7 Å². The standard InChI is InChI=1S/C18H12F3N3/c19-18(20,21)15-7-5-14(6-8-15)16(17-23-9-10-24-17)13-3-1-12(11-22)2-4-13/h1-10,16H,(H,23,24). The fourth-order valence-electron chi connectivity index (χ4n) is 2.56. The molecule has 1 N–H and O–H groups in total. The van der Waals surface area contributed by atoms with Gasteiger partial charge in [0, 0.05) is 12.4 Å². The molecule has 1 unspecified atom stereocenters. The molecule has 3 rings (SSSR count). The number of halogens is 3. The summed E-state index contributed by atoms with van der Waals surface area (Å²) in [5, 5.41) is 8.90. The van der Waals surface area contributed by atoms with Gasteiger partial charge in [-0.2, -0.15) is 18.4 Å². The van der Waals surface area contributed by atoms with Gasteiger partial charge in [-0.3, -0.25) is 0 Å². The zero-order valence-corrected chi connectivity index (χ0v) is 12.4. The Kier molecular flexibility index (Phi) is 4.09. The summed E-state index contributed by atoms with van der Waals surface area (Å²) in [5.74, 6) is 0.287. The molecule has 0 spiro atoms. The van der Waals surface area contributed by atoms with Crippen LogP contribution in [0, 0.1) is 11.3 Å². The van der Waals surface area contributed by atoms with Crippen LogP contribution in [0.2, 0.25) is 0 Å². The molecule has 24 heavy (non-hydrogen) atoms. The summed E-state index contributed by atoms with van der Waals surface area (Å²) in [5.41, 5.74) is 1.35. The average molecular weight is 327 g/mol. The monoisotopic (exact) mass is 327 g/mol. The number of alkyl halides is 3. The molecule has 0 saturated heterocycles. The Bertz CT molecular complexity index is 843. The number of aromatic nitrogens is 2. The number of nitrogens with zero attached hydrogens (tertiary/aromatic N) is 2. The van der Waals surface area contributed by atoms with E-state index in [9.17, 15) is 13.2 Å². The van der Waals surface area contributed by atoms with Gasteiger partial charge in [-0.15, -0.1) is 0 Å². The minimum Gasteiger partial charge on any atom is -0.348 e. The highest BCUT2D eigenvalue weighted by molar-refractivity contribution is 5.42. The van der Waals surface area contributed by atoms with Gasteiger partial charge in [-0.25, -0.2) is 4.98 Å². The molecule has 1 aromatic heterocycles. The Morgan fingerprint density at radius 3 is 2.00 bits per heavy atom. The van der Waals surface area contributed by atoms with Gasteiger partial charge in [0.1, 0.15) is 5.82 Å². The van der Waals surface area contributed by atoms with E-state index in [1.807, 2.05) is 6.07 Å². The van der Waals surface area contributed by atoms with Crippen molar-refractivity contribution in [2.45, 2.75) is 12.1 Å². The van der Waals surface area contributed by atoms with E-state index >= 15 is 0 Å². The van der Waals surface area contributed by atoms with Crippen LogP contribution in [0.15, 0.2) is 60.9 Å². The van der Waals surface area contributed by atoms with E-state index in [4.69, 9.17) is 5.26 Å². The van der Waals surface area contributed by atoms with Crippen molar-refractivity contribution in [1.29, 1.82) is 5.26 Å². The van der Waals surface area contributed by atoms with Gasteiger partial charge < -0.3 is 4.98 Å². The molecule has 6 heteroatoms. The van der Waals surface area contributed by atoms with E-state index in [1.165, 1.54) is 12.1 Å². The number of nitriles is 1. The summed E-state index contributed by atoms with van der Waals surface area (Å²) in [7, 11) is 0. The van der Waals surface area contributed by atoms with E-state index in [0.717, 1.165) is 17.7 Å². The lowest BCUT2D eigenvalue weighted by Gasteiger charge is -2.17. The first-order valence-electron chi connectivity index (χ1n) is 7.15. The zero-order valence-electron chi connectivity index (χ0n) is 12.4. The predicted octanol–water partition coefficient (Wildman–Crippen LogP) is 4.48. The number of benzene rings is 2. The molecular weight excluding hydrogens is 315 g/mol. The van der Waals surface area contributed by atoms with Gasteiger partial charge in [0.2, 0.25) is 0 Å². The second kappa shape index (κ2) is 6.20. The van der Waals surface area contributed by atoms with Crippen molar-refractivity contribution in [2.24, 2.45) is 0 Å². The largest absolute Gasteiger partial charge is 0.416 e. The van der Waals surface area contributed by atoms with Gasteiger partial charge >= 0.3 is 6.18 Å². The first kappa shape index (κ1) is 15.8. The highest BCUT2D eigenvalue weighted by Crippen LogP contribution is 2.33. The maximum Gasteiger partial charge on any atom is 0.416 e. The summed E-state index contributed by atoms with van der Waals surface area (Å²) in [6.07, 6.45) is -1.11. The van der Waals surface area contributed by atoms with Crippen LogP contribution in [0.3, 0.4) is 0 Å². The lowest BCUT2D eigenvalue weighted by molar-refractivity contribution is -0.137. The molecule has 0 aliphatic heterocycles. The molecule has 2 aromatic carbocycles. The third kappa shape index (κ3) is 3.15. The van der Waals surface area contributed by atoms with E-state index in [-0.39, 0.29) is 5.92 Å². The van der Waals surface area contributed by atoms with Gasteiger partial charge in [0.05, 0.1) is 23.1 Å². The second-order valence-electron chi connectivity index (χ2n) is 5.26. The summed E-state index contributed by atoms with van der Waals surface area (Å²) >= 11 is 0. The highest BCUT2D eigenvalue weighted by Gasteiger charge is 2.30. The summed E-state index contributed by atoms with van der Waals surface area (Å²) in [4.78, 5) is 7.25.